The third-order valence-electron chi connectivity index (χ3n) is 3.82. The van der Waals surface area contributed by atoms with Gasteiger partial charge in [0.15, 0.2) is 0 Å². The fourth-order valence-electron chi connectivity index (χ4n) is 2.73. The van der Waals surface area contributed by atoms with E-state index in [4.69, 9.17) is 9.47 Å². The number of rotatable bonds is 6. The molecule has 0 bridgehead atoms. The van der Waals surface area contributed by atoms with Gasteiger partial charge in [-0.05, 0) is 36.5 Å². The largest absolute Gasteiger partial charge is 0.491 e. The molecule has 1 unspecified atom stereocenters. The number of methoxy groups -OCH3 is 1. The molecule has 3 heteroatoms. The minimum absolute atomic E-state index is 0.341. The monoisotopic (exact) mass is 264 g/mol. The molecule has 0 aliphatic heterocycles. The lowest BCUT2D eigenvalue weighted by atomic mass is 9.85. The van der Waals surface area contributed by atoms with Crippen molar-refractivity contribution in [2.75, 3.05) is 13.7 Å². The lowest BCUT2D eigenvalue weighted by Crippen LogP contribution is -2.28. The number of aliphatic hydroxyl groups is 1. The zero-order chi connectivity index (χ0) is 13.5. The van der Waals surface area contributed by atoms with Gasteiger partial charge in [0.25, 0.3) is 0 Å². The van der Waals surface area contributed by atoms with Crippen LogP contribution >= 0.6 is 0 Å². The molecule has 0 saturated heterocycles. The summed E-state index contributed by atoms with van der Waals surface area (Å²) in [7, 11) is 1.68. The Kier molecular flexibility index (Phi) is 5.67. The van der Waals surface area contributed by atoms with Gasteiger partial charge in [-0.1, -0.05) is 31.4 Å². The Morgan fingerprint density at radius 2 is 2.05 bits per heavy atom. The highest BCUT2D eigenvalue weighted by molar-refractivity contribution is 5.28. The van der Waals surface area contributed by atoms with Gasteiger partial charge in [-0.3, -0.25) is 0 Å². The van der Waals surface area contributed by atoms with Gasteiger partial charge in [-0.25, -0.2) is 0 Å². The Labute approximate surface area is 115 Å². The first kappa shape index (κ1) is 14.4. The second-order valence-corrected chi connectivity index (χ2v) is 5.36. The Bertz CT molecular complexity index is 372. The van der Waals surface area contributed by atoms with Gasteiger partial charge in [-0.2, -0.15) is 0 Å². The summed E-state index contributed by atoms with van der Waals surface area (Å²) < 4.78 is 10.8. The molecule has 0 radical (unpaired) electrons. The van der Waals surface area contributed by atoms with Crippen LogP contribution in [0.2, 0.25) is 0 Å². The van der Waals surface area contributed by atoms with Crippen LogP contribution in [-0.4, -0.2) is 24.9 Å². The zero-order valence-corrected chi connectivity index (χ0v) is 11.7. The van der Waals surface area contributed by atoms with Crippen molar-refractivity contribution in [1.82, 2.24) is 0 Å². The van der Waals surface area contributed by atoms with E-state index in [1.165, 1.54) is 19.3 Å². The van der Waals surface area contributed by atoms with E-state index in [9.17, 15) is 5.11 Å². The third kappa shape index (κ3) is 4.51. The molecule has 1 aliphatic rings. The summed E-state index contributed by atoms with van der Waals surface area (Å²) >= 11 is 0. The molecular weight excluding hydrogens is 240 g/mol. The lowest BCUT2D eigenvalue weighted by Gasteiger charge is -2.26. The molecule has 1 fully saturated rings. The normalized spacial score (nSPS) is 18.2. The summed E-state index contributed by atoms with van der Waals surface area (Å²) in [6.07, 6.45) is 5.72. The van der Waals surface area contributed by atoms with Crippen LogP contribution in [0.5, 0.6) is 5.75 Å². The van der Waals surface area contributed by atoms with Crippen LogP contribution in [-0.2, 0) is 11.3 Å². The van der Waals surface area contributed by atoms with Crippen LogP contribution in [0.3, 0.4) is 0 Å². The summed E-state index contributed by atoms with van der Waals surface area (Å²) in [5.41, 5.74) is 1.09. The van der Waals surface area contributed by atoms with Crippen molar-refractivity contribution in [2.24, 2.45) is 5.92 Å². The van der Waals surface area contributed by atoms with E-state index in [1.807, 2.05) is 24.3 Å². The van der Waals surface area contributed by atoms with Crippen LogP contribution in [0.4, 0.5) is 0 Å². The first-order valence-electron chi connectivity index (χ1n) is 7.18. The van der Waals surface area contributed by atoms with Crippen LogP contribution < -0.4 is 4.74 Å². The van der Waals surface area contributed by atoms with Crippen molar-refractivity contribution in [3.8, 4) is 5.75 Å². The average Bonchev–Trinajstić information content (AvgIpc) is 2.46. The van der Waals surface area contributed by atoms with Crippen LogP contribution in [0.25, 0.3) is 0 Å². The number of aliphatic hydroxyl groups excluding tert-OH is 1. The first-order valence-corrected chi connectivity index (χ1v) is 7.18. The van der Waals surface area contributed by atoms with Gasteiger partial charge in [0.2, 0.25) is 0 Å². The number of hydrogen-bond acceptors (Lipinski definition) is 3. The summed E-state index contributed by atoms with van der Waals surface area (Å²) in [4.78, 5) is 0. The van der Waals surface area contributed by atoms with E-state index in [0.29, 0.717) is 19.1 Å². The Morgan fingerprint density at radius 3 is 2.79 bits per heavy atom. The SMILES string of the molecule is COCc1cccc(OCC(O)C2CCCCC2)c1. The van der Waals surface area contributed by atoms with E-state index >= 15 is 0 Å². The zero-order valence-electron chi connectivity index (χ0n) is 11.7. The minimum Gasteiger partial charge on any atom is -0.491 e. The van der Waals surface area contributed by atoms with Crippen molar-refractivity contribution >= 4 is 0 Å². The standard InChI is InChI=1S/C16H24O3/c1-18-11-13-6-5-9-15(10-13)19-12-16(17)14-7-3-2-4-8-14/h5-6,9-10,14,16-17H,2-4,7-8,11-12H2,1H3. The predicted molar refractivity (Wildman–Crippen MR) is 75.2 cm³/mol. The molecule has 1 aromatic rings. The van der Waals surface area contributed by atoms with Crippen molar-refractivity contribution in [2.45, 2.75) is 44.8 Å². The Hall–Kier alpha value is -1.06. The van der Waals surface area contributed by atoms with Gasteiger partial charge < -0.3 is 14.6 Å². The van der Waals surface area contributed by atoms with Gasteiger partial charge in [0, 0.05) is 7.11 Å². The van der Waals surface area contributed by atoms with Crippen molar-refractivity contribution < 1.29 is 14.6 Å². The summed E-state index contributed by atoms with van der Waals surface area (Å²) in [5.74, 6) is 1.22. The fraction of sp³-hybridized carbons (Fsp3) is 0.625. The molecular formula is C16H24O3. The fourth-order valence-corrected chi connectivity index (χ4v) is 2.73. The molecule has 1 aliphatic carbocycles. The molecule has 1 aromatic carbocycles. The lowest BCUT2D eigenvalue weighted by molar-refractivity contribution is 0.0413. The third-order valence-corrected chi connectivity index (χ3v) is 3.82. The summed E-state index contributed by atoms with van der Waals surface area (Å²) in [6, 6.07) is 7.86. The van der Waals surface area contributed by atoms with Crippen molar-refractivity contribution in [1.29, 1.82) is 0 Å². The first-order chi connectivity index (χ1) is 9.29. The Balaban J connectivity index is 1.82. The number of hydrogen-bond donors (Lipinski definition) is 1. The molecule has 0 spiro atoms. The highest BCUT2D eigenvalue weighted by atomic mass is 16.5. The van der Waals surface area contributed by atoms with E-state index in [0.717, 1.165) is 24.2 Å². The van der Waals surface area contributed by atoms with E-state index < -0.39 is 0 Å². The summed E-state index contributed by atoms with van der Waals surface area (Å²) in [6.45, 7) is 0.976. The molecule has 1 N–H and O–H groups in total. The quantitative estimate of drug-likeness (QED) is 0.857. The number of benzene rings is 1. The second kappa shape index (κ2) is 7.51. The average molecular weight is 264 g/mol. The highest BCUT2D eigenvalue weighted by Gasteiger charge is 2.22. The predicted octanol–water partition coefficient (Wildman–Crippen LogP) is 3.15. The van der Waals surface area contributed by atoms with Gasteiger partial charge in [-0.15, -0.1) is 0 Å². The molecule has 1 atom stereocenters. The number of ether oxygens (including phenoxy) is 2. The molecule has 1 saturated carbocycles. The van der Waals surface area contributed by atoms with Crippen LogP contribution in [0, 0.1) is 5.92 Å². The second-order valence-electron chi connectivity index (χ2n) is 5.36. The maximum Gasteiger partial charge on any atom is 0.119 e. The smallest absolute Gasteiger partial charge is 0.119 e. The molecule has 3 nitrogen and oxygen atoms in total. The van der Waals surface area contributed by atoms with Gasteiger partial charge in [0.05, 0.1) is 12.7 Å². The minimum atomic E-state index is -0.341. The maximum atomic E-state index is 10.2. The summed E-state index contributed by atoms with van der Waals surface area (Å²) in [5, 5.41) is 10.2. The molecule has 0 amide bonds. The molecule has 2 rings (SSSR count). The highest BCUT2D eigenvalue weighted by Crippen LogP contribution is 2.27. The van der Waals surface area contributed by atoms with Gasteiger partial charge in [0.1, 0.15) is 12.4 Å². The topological polar surface area (TPSA) is 38.7 Å². The maximum absolute atomic E-state index is 10.2. The van der Waals surface area contributed by atoms with Crippen molar-refractivity contribution in [3.63, 3.8) is 0 Å². The molecule has 19 heavy (non-hydrogen) atoms. The van der Waals surface area contributed by atoms with Crippen LogP contribution in [0.1, 0.15) is 37.7 Å². The van der Waals surface area contributed by atoms with E-state index in [1.54, 1.807) is 7.11 Å². The van der Waals surface area contributed by atoms with E-state index in [2.05, 4.69) is 0 Å². The molecule has 106 valence electrons. The molecule has 0 heterocycles. The van der Waals surface area contributed by atoms with Crippen LogP contribution in [0.15, 0.2) is 24.3 Å². The van der Waals surface area contributed by atoms with Gasteiger partial charge >= 0.3 is 0 Å². The van der Waals surface area contributed by atoms with E-state index in [-0.39, 0.29) is 6.10 Å². The van der Waals surface area contributed by atoms with Crippen molar-refractivity contribution in [3.05, 3.63) is 29.8 Å². The molecule has 0 aromatic heterocycles. The Morgan fingerprint density at radius 1 is 1.26 bits per heavy atom.